The minimum absolute atomic E-state index is 0.837. The quantitative estimate of drug-likeness (QED) is 0.784. The lowest BCUT2D eigenvalue weighted by Gasteiger charge is -2.43. The molecule has 25 heavy (non-hydrogen) atoms. The number of para-hydroxylation sites is 1. The molecule has 0 N–H and O–H groups in total. The number of aromatic nitrogens is 1. The Balaban J connectivity index is 1.90. The molecule has 0 atom stereocenters. The van der Waals surface area contributed by atoms with Crippen LogP contribution in [0.5, 0.6) is 0 Å². The average molecular weight is 362 g/mol. The smallest absolute Gasteiger partial charge is 0.185 e. The first-order valence-electron chi connectivity index (χ1n) is 9.21. The van der Waals surface area contributed by atoms with Crippen molar-refractivity contribution >= 4 is 23.8 Å². The molecule has 2 aliphatic rings. The molecule has 2 fully saturated rings. The Morgan fingerprint density at radius 1 is 0.880 bits per heavy atom. The van der Waals surface area contributed by atoms with Crippen molar-refractivity contribution in [1.82, 2.24) is 13.9 Å². The summed E-state index contributed by atoms with van der Waals surface area (Å²) in [6.45, 7) is 12.2. The van der Waals surface area contributed by atoms with Crippen LogP contribution in [0.25, 0.3) is 10.9 Å². The van der Waals surface area contributed by atoms with Crippen molar-refractivity contribution in [3.8, 4) is 0 Å². The molecule has 0 spiro atoms. The topological polar surface area (TPSA) is 29.9 Å². The number of hydrogen-bond acceptors (Lipinski definition) is 4. The van der Waals surface area contributed by atoms with Crippen molar-refractivity contribution in [2.45, 2.75) is 6.92 Å². The predicted octanol–water partition coefficient (Wildman–Crippen LogP) is 2.25. The maximum Gasteiger partial charge on any atom is 0.185 e. The molecule has 1 aromatic carbocycles. The molecule has 0 amide bonds. The van der Waals surface area contributed by atoms with Gasteiger partial charge in [0.1, 0.15) is 0 Å². The van der Waals surface area contributed by atoms with Gasteiger partial charge in [-0.15, -0.1) is 0 Å². The molecule has 2 aromatic rings. The Kier molecular flexibility index (Phi) is 4.87. The molecule has 0 radical (unpaired) electrons. The monoisotopic (exact) mass is 362 g/mol. The number of benzene rings is 1. The van der Waals surface area contributed by atoms with Crippen molar-refractivity contribution in [3.63, 3.8) is 0 Å². The zero-order valence-electron chi connectivity index (χ0n) is 15.6. The molecule has 0 unspecified atom stereocenters. The lowest BCUT2D eigenvalue weighted by molar-refractivity contribution is 0.0570. The van der Waals surface area contributed by atoms with Crippen molar-refractivity contribution in [2.24, 2.45) is 7.05 Å². The van der Waals surface area contributed by atoms with Crippen molar-refractivity contribution in [1.29, 1.82) is 0 Å². The minimum atomic E-state index is -1.65. The number of aryl methyl sites for hydroxylation is 1. The third-order valence-corrected chi connectivity index (χ3v) is 10.3. The second-order valence-electron chi connectivity index (χ2n) is 7.06. The molecule has 5 nitrogen and oxygen atoms in total. The zero-order valence-corrected chi connectivity index (χ0v) is 16.5. The van der Waals surface area contributed by atoms with Crippen LogP contribution in [0, 0.1) is 6.92 Å². The summed E-state index contributed by atoms with van der Waals surface area (Å²) in [4.78, 5) is 0. The number of hydrogen-bond donors (Lipinski definition) is 0. The van der Waals surface area contributed by atoms with Gasteiger partial charge in [-0.1, -0.05) is 12.1 Å². The highest BCUT2D eigenvalue weighted by atomic mass is 31.2. The van der Waals surface area contributed by atoms with Crippen LogP contribution in [0.2, 0.25) is 0 Å². The Morgan fingerprint density at radius 2 is 1.40 bits per heavy atom. The van der Waals surface area contributed by atoms with Gasteiger partial charge in [0.05, 0.1) is 70.5 Å². The molecule has 2 aliphatic heterocycles. The van der Waals surface area contributed by atoms with Crippen LogP contribution < -0.4 is 5.30 Å². The highest BCUT2D eigenvalue weighted by molar-refractivity contribution is 7.78. The number of ether oxygens (including phenoxy) is 2. The lowest BCUT2D eigenvalue weighted by Crippen LogP contribution is -2.49. The van der Waals surface area contributed by atoms with Gasteiger partial charge >= 0.3 is 0 Å². The van der Waals surface area contributed by atoms with Gasteiger partial charge in [0.2, 0.25) is 0 Å². The van der Waals surface area contributed by atoms with E-state index in [0.717, 1.165) is 52.6 Å². The van der Waals surface area contributed by atoms with Crippen LogP contribution in [0.15, 0.2) is 24.3 Å². The summed E-state index contributed by atoms with van der Waals surface area (Å²) in [5.41, 5.74) is 2.73. The molecule has 0 bridgehead atoms. The maximum absolute atomic E-state index is 5.67. The predicted molar refractivity (Wildman–Crippen MR) is 105 cm³/mol. The molecule has 0 saturated carbocycles. The fourth-order valence-electron chi connectivity index (χ4n) is 4.38. The molecule has 136 valence electrons. The van der Waals surface area contributed by atoms with Crippen LogP contribution in [-0.4, -0.2) is 73.2 Å². The van der Waals surface area contributed by atoms with Gasteiger partial charge in [0.15, 0.2) is 12.9 Å². The number of morpholine rings is 2. The van der Waals surface area contributed by atoms with E-state index >= 15 is 0 Å². The Morgan fingerprint density at radius 3 is 1.96 bits per heavy atom. The molecular formula is C19H29N3O2P+. The summed E-state index contributed by atoms with van der Waals surface area (Å²) in [7, 11) is 0.550. The van der Waals surface area contributed by atoms with E-state index in [1.54, 1.807) is 5.30 Å². The van der Waals surface area contributed by atoms with Crippen LogP contribution >= 0.6 is 7.56 Å². The van der Waals surface area contributed by atoms with Crippen LogP contribution in [-0.2, 0) is 16.5 Å². The largest absolute Gasteiger partial charge is 0.378 e. The van der Waals surface area contributed by atoms with Crippen molar-refractivity contribution in [3.05, 3.63) is 30.0 Å². The molecule has 1 aromatic heterocycles. The molecule has 2 saturated heterocycles. The van der Waals surface area contributed by atoms with E-state index in [1.165, 1.54) is 16.6 Å². The first kappa shape index (κ1) is 17.4. The molecular weight excluding hydrogens is 333 g/mol. The van der Waals surface area contributed by atoms with Crippen molar-refractivity contribution in [2.75, 3.05) is 59.3 Å². The summed E-state index contributed by atoms with van der Waals surface area (Å²) in [6, 6.07) is 8.87. The first-order valence-corrected chi connectivity index (χ1v) is 11.4. The van der Waals surface area contributed by atoms with Gasteiger partial charge < -0.3 is 14.0 Å². The second kappa shape index (κ2) is 6.98. The molecule has 0 aliphatic carbocycles. The van der Waals surface area contributed by atoms with Gasteiger partial charge in [0.25, 0.3) is 0 Å². The zero-order chi connectivity index (χ0) is 17.4. The molecule has 6 heteroatoms. The van der Waals surface area contributed by atoms with E-state index in [0.29, 0.717) is 0 Å². The fraction of sp³-hybridized carbons (Fsp3) is 0.579. The molecule has 4 rings (SSSR count). The van der Waals surface area contributed by atoms with Gasteiger partial charge in [0, 0.05) is 12.4 Å². The summed E-state index contributed by atoms with van der Waals surface area (Å²) >= 11 is 0. The standard InChI is InChI=1S/C19H29N3O2P/c1-16-19(17-6-4-5-7-18(17)20(16)2)25(3,21-8-12-23-13-9-21)22-10-14-24-15-11-22/h4-7H,8-15H2,1-3H3/q+1. The van der Waals surface area contributed by atoms with E-state index in [2.05, 4.69) is 58.8 Å². The summed E-state index contributed by atoms with van der Waals surface area (Å²) in [5, 5.41) is 2.96. The minimum Gasteiger partial charge on any atom is -0.378 e. The Bertz CT molecular complexity index is 730. The van der Waals surface area contributed by atoms with Gasteiger partial charge in [-0.25, -0.2) is 0 Å². The number of rotatable bonds is 3. The first-order chi connectivity index (χ1) is 12.1. The Labute approximate surface area is 150 Å². The van der Waals surface area contributed by atoms with E-state index in [9.17, 15) is 0 Å². The van der Waals surface area contributed by atoms with Gasteiger partial charge in [-0.05, 0) is 19.1 Å². The van der Waals surface area contributed by atoms with E-state index < -0.39 is 7.56 Å². The van der Waals surface area contributed by atoms with Gasteiger partial charge in [-0.3, -0.25) is 0 Å². The summed E-state index contributed by atoms with van der Waals surface area (Å²) in [5.74, 6) is 0. The highest BCUT2D eigenvalue weighted by Crippen LogP contribution is 2.62. The normalized spacial score (nSPS) is 21.1. The third-order valence-electron chi connectivity index (χ3n) is 5.87. The SMILES string of the molecule is Cc1c([P+](C)(N2CCOCC2)N2CCOCC2)c2ccccc2n1C. The van der Waals surface area contributed by atoms with E-state index in [-0.39, 0.29) is 0 Å². The van der Waals surface area contributed by atoms with E-state index in [4.69, 9.17) is 9.47 Å². The maximum atomic E-state index is 5.67. The third kappa shape index (κ3) is 2.83. The highest BCUT2D eigenvalue weighted by Gasteiger charge is 2.52. The van der Waals surface area contributed by atoms with Crippen LogP contribution in [0.4, 0.5) is 0 Å². The van der Waals surface area contributed by atoms with Crippen LogP contribution in [0.3, 0.4) is 0 Å². The summed E-state index contributed by atoms with van der Waals surface area (Å²) < 4.78 is 19.1. The van der Waals surface area contributed by atoms with Crippen LogP contribution in [0.1, 0.15) is 5.69 Å². The van der Waals surface area contributed by atoms with Crippen molar-refractivity contribution < 1.29 is 9.47 Å². The second-order valence-corrected chi connectivity index (χ2v) is 10.5. The molecule has 3 heterocycles. The van der Waals surface area contributed by atoms with Gasteiger partial charge in [-0.2, -0.15) is 9.34 Å². The number of fused-ring (bicyclic) bond motifs is 1. The van der Waals surface area contributed by atoms with E-state index in [1.807, 2.05) is 0 Å². The number of nitrogens with zero attached hydrogens (tertiary/aromatic N) is 3. The lowest BCUT2D eigenvalue weighted by atomic mass is 10.2. The summed E-state index contributed by atoms with van der Waals surface area (Å²) in [6.07, 6.45) is 0. The average Bonchev–Trinajstić information content (AvgIpc) is 2.94. The fourth-order valence-corrected chi connectivity index (χ4v) is 8.60. The Hall–Kier alpha value is -0.970.